The van der Waals surface area contributed by atoms with E-state index < -0.39 is 0 Å². The van der Waals surface area contributed by atoms with Crippen molar-refractivity contribution in [1.82, 2.24) is 19.7 Å². The normalized spacial score (nSPS) is 13.2. The van der Waals surface area contributed by atoms with E-state index in [9.17, 15) is 9.59 Å². The van der Waals surface area contributed by atoms with Gasteiger partial charge in [0.1, 0.15) is 10.4 Å². The highest BCUT2D eigenvalue weighted by Crippen LogP contribution is 2.26. The van der Waals surface area contributed by atoms with Crippen LogP contribution in [0.15, 0.2) is 6.20 Å². The lowest BCUT2D eigenvalue weighted by Gasteiger charge is -2.15. The fraction of sp³-hybridized carbons (Fsp3) is 0.429. The Morgan fingerprint density at radius 2 is 2.22 bits per heavy atom. The Morgan fingerprint density at radius 1 is 1.43 bits per heavy atom. The van der Waals surface area contributed by atoms with E-state index in [1.54, 1.807) is 25.7 Å². The predicted molar refractivity (Wildman–Crippen MR) is 85.2 cm³/mol. The lowest BCUT2D eigenvalue weighted by atomic mass is 10.3. The summed E-state index contributed by atoms with van der Waals surface area (Å²) >= 11 is 1.16. The van der Waals surface area contributed by atoms with E-state index in [2.05, 4.69) is 15.4 Å². The predicted octanol–water partition coefficient (Wildman–Crippen LogP) is 1.38. The number of anilines is 1. The molecule has 0 fully saturated rings. The number of nitrogens with zero attached hydrogens (tertiary/aromatic N) is 4. The number of hydrogen-bond acceptors (Lipinski definition) is 6. The first kappa shape index (κ1) is 15.5. The molecule has 23 heavy (non-hydrogen) atoms. The third-order valence-electron chi connectivity index (χ3n) is 3.41. The molecule has 122 valence electrons. The monoisotopic (exact) mass is 335 g/mol. The van der Waals surface area contributed by atoms with Crippen molar-refractivity contribution in [3.8, 4) is 5.88 Å². The van der Waals surface area contributed by atoms with E-state index in [1.807, 2.05) is 0 Å². The molecule has 0 atom stereocenters. The summed E-state index contributed by atoms with van der Waals surface area (Å²) < 4.78 is 7.19. The van der Waals surface area contributed by atoms with E-state index in [4.69, 9.17) is 4.74 Å². The molecule has 3 heterocycles. The maximum atomic E-state index is 12.4. The van der Waals surface area contributed by atoms with E-state index in [1.165, 1.54) is 11.1 Å². The van der Waals surface area contributed by atoms with Crippen LogP contribution < -0.4 is 10.1 Å². The van der Waals surface area contributed by atoms with Crippen LogP contribution in [0.4, 0.5) is 5.13 Å². The summed E-state index contributed by atoms with van der Waals surface area (Å²) in [5.74, 6) is 0.00381. The van der Waals surface area contributed by atoms with Gasteiger partial charge in [0.2, 0.25) is 5.88 Å². The lowest BCUT2D eigenvalue weighted by Crippen LogP contribution is -2.21. The molecule has 3 rings (SSSR count). The highest BCUT2D eigenvalue weighted by molar-refractivity contribution is 7.17. The molecule has 0 spiro atoms. The van der Waals surface area contributed by atoms with Crippen molar-refractivity contribution in [3.05, 3.63) is 22.3 Å². The Kier molecular flexibility index (Phi) is 4.03. The van der Waals surface area contributed by atoms with Crippen LogP contribution in [0.1, 0.15) is 32.1 Å². The zero-order chi connectivity index (χ0) is 16.6. The van der Waals surface area contributed by atoms with Gasteiger partial charge in [0, 0.05) is 27.1 Å². The van der Waals surface area contributed by atoms with Gasteiger partial charge in [0.25, 0.3) is 11.8 Å². The van der Waals surface area contributed by atoms with Crippen LogP contribution in [0.5, 0.6) is 5.88 Å². The number of hydrogen-bond donors (Lipinski definition) is 1. The first-order valence-electron chi connectivity index (χ1n) is 7.16. The largest absolute Gasteiger partial charge is 0.477 e. The smallest absolute Gasteiger partial charge is 0.265 e. The van der Waals surface area contributed by atoms with E-state index in [0.29, 0.717) is 33.8 Å². The van der Waals surface area contributed by atoms with Gasteiger partial charge in [0.15, 0.2) is 5.13 Å². The SMILES string of the molecule is Cc1nc(NC(=O)c2cnn3c2OCCC3)sc1C(=O)N(C)C. The number of thiazole rings is 1. The fourth-order valence-electron chi connectivity index (χ4n) is 2.24. The van der Waals surface area contributed by atoms with Gasteiger partial charge in [-0.25, -0.2) is 9.67 Å². The topological polar surface area (TPSA) is 89.4 Å². The highest BCUT2D eigenvalue weighted by Gasteiger charge is 2.23. The molecule has 0 saturated heterocycles. The second-order valence-corrected chi connectivity index (χ2v) is 6.37. The van der Waals surface area contributed by atoms with Crippen LogP contribution in [-0.4, -0.2) is 52.2 Å². The van der Waals surface area contributed by atoms with E-state index in [-0.39, 0.29) is 11.8 Å². The van der Waals surface area contributed by atoms with Gasteiger partial charge in [-0.3, -0.25) is 14.9 Å². The summed E-state index contributed by atoms with van der Waals surface area (Å²) in [6.07, 6.45) is 2.36. The molecular weight excluding hydrogens is 318 g/mol. The van der Waals surface area contributed by atoms with Crippen LogP contribution in [0.2, 0.25) is 0 Å². The summed E-state index contributed by atoms with van der Waals surface area (Å²) in [4.78, 5) is 30.7. The van der Waals surface area contributed by atoms with Gasteiger partial charge in [-0.2, -0.15) is 5.10 Å². The van der Waals surface area contributed by atoms with Crippen molar-refractivity contribution in [2.45, 2.75) is 19.9 Å². The van der Waals surface area contributed by atoms with Gasteiger partial charge in [-0.1, -0.05) is 11.3 Å². The molecule has 1 N–H and O–H groups in total. The molecule has 8 nitrogen and oxygen atoms in total. The Bertz CT molecular complexity index is 765. The van der Waals surface area contributed by atoms with Gasteiger partial charge in [0.05, 0.1) is 18.5 Å². The van der Waals surface area contributed by atoms with Crippen molar-refractivity contribution < 1.29 is 14.3 Å². The minimum atomic E-state index is -0.342. The highest BCUT2D eigenvalue weighted by atomic mass is 32.1. The first-order valence-corrected chi connectivity index (χ1v) is 7.98. The Labute approximate surface area is 137 Å². The van der Waals surface area contributed by atoms with Gasteiger partial charge in [-0.15, -0.1) is 0 Å². The Balaban J connectivity index is 1.80. The zero-order valence-corrected chi connectivity index (χ0v) is 13.9. The summed E-state index contributed by atoms with van der Waals surface area (Å²) in [5, 5.41) is 7.24. The summed E-state index contributed by atoms with van der Waals surface area (Å²) in [6, 6.07) is 0. The molecule has 2 aromatic rings. The fourth-order valence-corrected chi connectivity index (χ4v) is 3.22. The van der Waals surface area contributed by atoms with Crippen LogP contribution in [0.3, 0.4) is 0 Å². The molecule has 2 aromatic heterocycles. The van der Waals surface area contributed by atoms with Crippen LogP contribution in [0.25, 0.3) is 0 Å². The molecule has 0 aromatic carbocycles. The number of carbonyl (C=O) groups is 2. The number of nitrogens with one attached hydrogen (secondary N) is 1. The maximum absolute atomic E-state index is 12.4. The maximum Gasteiger partial charge on any atom is 0.265 e. The standard InChI is InChI=1S/C14H17N5O3S/c1-8-10(12(21)18(2)3)23-14(16-8)17-11(20)9-7-15-19-5-4-6-22-13(9)19/h7H,4-6H2,1-3H3,(H,16,17,20). The third kappa shape index (κ3) is 2.91. The molecule has 1 aliphatic rings. The summed E-state index contributed by atoms with van der Waals surface area (Å²) in [5.41, 5.74) is 0.968. The Hall–Kier alpha value is -2.42. The molecule has 9 heteroatoms. The number of ether oxygens (including phenoxy) is 1. The van der Waals surface area contributed by atoms with Crippen molar-refractivity contribution in [2.24, 2.45) is 0 Å². The number of carbonyl (C=O) groups excluding carboxylic acids is 2. The quantitative estimate of drug-likeness (QED) is 0.915. The van der Waals surface area contributed by atoms with E-state index in [0.717, 1.165) is 24.3 Å². The molecular formula is C14H17N5O3S. The van der Waals surface area contributed by atoms with Crippen LogP contribution in [0, 0.1) is 6.92 Å². The minimum absolute atomic E-state index is 0.133. The number of fused-ring (bicyclic) bond motifs is 1. The van der Waals surface area contributed by atoms with Crippen molar-refractivity contribution in [1.29, 1.82) is 0 Å². The second kappa shape index (κ2) is 5.99. The average molecular weight is 335 g/mol. The second-order valence-electron chi connectivity index (χ2n) is 5.38. The molecule has 1 aliphatic heterocycles. The van der Waals surface area contributed by atoms with Crippen molar-refractivity contribution >= 4 is 28.3 Å². The molecule has 0 saturated carbocycles. The molecule has 2 amide bonds. The van der Waals surface area contributed by atoms with Crippen LogP contribution in [-0.2, 0) is 6.54 Å². The molecule has 0 unspecified atom stereocenters. The number of amides is 2. The first-order chi connectivity index (χ1) is 11.0. The molecule has 0 bridgehead atoms. The number of aryl methyl sites for hydroxylation is 2. The van der Waals surface area contributed by atoms with Gasteiger partial charge in [-0.05, 0) is 6.92 Å². The Morgan fingerprint density at radius 3 is 2.96 bits per heavy atom. The lowest BCUT2D eigenvalue weighted by molar-refractivity contribution is 0.0831. The van der Waals surface area contributed by atoms with Gasteiger partial charge >= 0.3 is 0 Å². The zero-order valence-electron chi connectivity index (χ0n) is 13.1. The summed E-state index contributed by atoms with van der Waals surface area (Å²) in [6.45, 7) is 3.05. The van der Waals surface area contributed by atoms with Gasteiger partial charge < -0.3 is 9.64 Å². The van der Waals surface area contributed by atoms with Crippen molar-refractivity contribution in [3.63, 3.8) is 0 Å². The third-order valence-corrected chi connectivity index (χ3v) is 4.47. The minimum Gasteiger partial charge on any atom is -0.477 e. The van der Waals surface area contributed by atoms with E-state index >= 15 is 0 Å². The number of aromatic nitrogens is 3. The summed E-state index contributed by atoms with van der Waals surface area (Å²) in [7, 11) is 3.35. The van der Waals surface area contributed by atoms with Crippen molar-refractivity contribution in [2.75, 3.05) is 26.0 Å². The molecule has 0 radical (unpaired) electrons. The number of rotatable bonds is 3. The average Bonchev–Trinajstić information content (AvgIpc) is 3.10. The van der Waals surface area contributed by atoms with Crippen LogP contribution >= 0.6 is 11.3 Å². The molecule has 0 aliphatic carbocycles.